The summed E-state index contributed by atoms with van der Waals surface area (Å²) >= 11 is 0. The highest BCUT2D eigenvalue weighted by molar-refractivity contribution is 6.36. The molecule has 0 aromatic carbocycles. The van der Waals surface area contributed by atoms with Crippen molar-refractivity contribution in [1.82, 2.24) is 0 Å². The van der Waals surface area contributed by atoms with Crippen LogP contribution in [0.3, 0.4) is 0 Å². The summed E-state index contributed by atoms with van der Waals surface area (Å²) in [6.07, 6.45) is 0. The summed E-state index contributed by atoms with van der Waals surface area (Å²) in [5, 5.41) is 18.5. The monoisotopic (exact) mass is 173 g/mol. The van der Waals surface area contributed by atoms with Crippen molar-refractivity contribution < 1.29 is 24.6 Å². The molecular weight excluding hydrogens is 164 g/mol. The van der Waals surface area contributed by atoms with E-state index in [1.807, 2.05) is 0 Å². The Labute approximate surface area is 69.0 Å². The third-order valence-electron chi connectivity index (χ3n) is 1.42. The third-order valence-corrected chi connectivity index (χ3v) is 1.42. The zero-order chi connectivity index (χ0) is 9.89. The van der Waals surface area contributed by atoms with Crippen molar-refractivity contribution in [3.63, 3.8) is 0 Å². The molecule has 0 aliphatic rings. The average Bonchev–Trinajstić information content (AvgIpc) is 1.85. The molecule has 5 nitrogen and oxygen atoms in total. The molecule has 0 aromatic heterocycles. The number of aliphatic carboxylic acids is 2. The molecule has 0 saturated heterocycles. The SMILES string of the molecule is CC(C)C(C(=O)O)C(=O)C(=O)[O-]. The highest BCUT2D eigenvalue weighted by Crippen LogP contribution is 2.11. The summed E-state index contributed by atoms with van der Waals surface area (Å²) in [4.78, 5) is 31.1. The molecule has 68 valence electrons. The lowest BCUT2D eigenvalue weighted by Gasteiger charge is -2.14. The lowest BCUT2D eigenvalue weighted by atomic mass is 9.92. The second-order valence-corrected chi connectivity index (χ2v) is 2.71. The number of Topliss-reactive ketones (excluding diaryl/α,β-unsaturated/α-hetero) is 1. The van der Waals surface area contributed by atoms with E-state index in [1.54, 1.807) is 0 Å². The van der Waals surface area contributed by atoms with E-state index in [2.05, 4.69) is 0 Å². The van der Waals surface area contributed by atoms with E-state index in [-0.39, 0.29) is 0 Å². The van der Waals surface area contributed by atoms with Crippen molar-refractivity contribution in [3.05, 3.63) is 0 Å². The van der Waals surface area contributed by atoms with Crippen LogP contribution in [0, 0.1) is 11.8 Å². The number of carboxylic acid groups (broad SMARTS) is 2. The predicted molar refractivity (Wildman–Crippen MR) is 36.0 cm³/mol. The molecular formula is C7H9O5-. The number of ketones is 1. The van der Waals surface area contributed by atoms with Crippen LogP contribution in [0.15, 0.2) is 0 Å². The zero-order valence-electron chi connectivity index (χ0n) is 6.73. The fourth-order valence-corrected chi connectivity index (χ4v) is 0.827. The van der Waals surface area contributed by atoms with E-state index >= 15 is 0 Å². The van der Waals surface area contributed by atoms with Gasteiger partial charge in [-0.15, -0.1) is 0 Å². The summed E-state index contributed by atoms with van der Waals surface area (Å²) in [5.74, 6) is -6.81. The summed E-state index contributed by atoms with van der Waals surface area (Å²) in [5.41, 5.74) is 0. The van der Waals surface area contributed by atoms with Gasteiger partial charge in [-0.3, -0.25) is 9.59 Å². The van der Waals surface area contributed by atoms with Crippen molar-refractivity contribution in [3.8, 4) is 0 Å². The van der Waals surface area contributed by atoms with Crippen molar-refractivity contribution in [2.45, 2.75) is 13.8 Å². The topological polar surface area (TPSA) is 94.5 Å². The van der Waals surface area contributed by atoms with Gasteiger partial charge in [0.2, 0.25) is 0 Å². The van der Waals surface area contributed by atoms with E-state index in [0.717, 1.165) is 0 Å². The van der Waals surface area contributed by atoms with Crippen LogP contribution in [0.25, 0.3) is 0 Å². The number of carboxylic acids is 2. The highest BCUT2D eigenvalue weighted by Gasteiger charge is 2.29. The molecule has 0 radical (unpaired) electrons. The fraction of sp³-hybridized carbons (Fsp3) is 0.571. The summed E-state index contributed by atoms with van der Waals surface area (Å²) < 4.78 is 0. The molecule has 0 saturated carbocycles. The van der Waals surface area contributed by atoms with E-state index in [4.69, 9.17) is 5.11 Å². The van der Waals surface area contributed by atoms with Crippen LogP contribution in [-0.4, -0.2) is 22.8 Å². The Morgan fingerprint density at radius 3 is 1.75 bits per heavy atom. The molecule has 5 heteroatoms. The van der Waals surface area contributed by atoms with Crippen LogP contribution in [0.1, 0.15) is 13.8 Å². The van der Waals surface area contributed by atoms with Crippen LogP contribution < -0.4 is 5.11 Å². The summed E-state index contributed by atoms with van der Waals surface area (Å²) in [6.45, 7) is 2.92. The minimum Gasteiger partial charge on any atom is -0.542 e. The standard InChI is InChI=1S/C7H10O5/c1-3(2)4(6(9)10)5(8)7(11)12/h3-4H,1-2H3,(H,9,10)(H,11,12)/p-1. The largest absolute Gasteiger partial charge is 0.542 e. The van der Waals surface area contributed by atoms with Crippen molar-refractivity contribution in [2.24, 2.45) is 11.8 Å². The first-order chi connectivity index (χ1) is 5.37. The molecule has 12 heavy (non-hydrogen) atoms. The van der Waals surface area contributed by atoms with Gasteiger partial charge in [-0.05, 0) is 5.92 Å². The smallest absolute Gasteiger partial charge is 0.314 e. The first kappa shape index (κ1) is 10.6. The van der Waals surface area contributed by atoms with Crippen LogP contribution >= 0.6 is 0 Å². The minimum absolute atomic E-state index is 0.548. The Balaban J connectivity index is 4.64. The molecule has 0 bridgehead atoms. The molecule has 0 aliphatic carbocycles. The first-order valence-corrected chi connectivity index (χ1v) is 3.36. The van der Waals surface area contributed by atoms with E-state index in [1.165, 1.54) is 13.8 Å². The summed E-state index contributed by atoms with van der Waals surface area (Å²) in [6, 6.07) is 0. The van der Waals surface area contributed by atoms with Crippen LogP contribution in [0.2, 0.25) is 0 Å². The average molecular weight is 173 g/mol. The fourth-order valence-electron chi connectivity index (χ4n) is 0.827. The lowest BCUT2D eigenvalue weighted by Crippen LogP contribution is -2.41. The van der Waals surface area contributed by atoms with Gasteiger partial charge in [0, 0.05) is 0 Å². The maximum Gasteiger partial charge on any atom is 0.314 e. The van der Waals surface area contributed by atoms with Gasteiger partial charge in [-0.25, -0.2) is 0 Å². The summed E-state index contributed by atoms with van der Waals surface area (Å²) in [7, 11) is 0. The predicted octanol–water partition coefficient (Wildman–Crippen LogP) is -1.34. The molecule has 1 unspecified atom stereocenters. The molecule has 0 aliphatic heterocycles. The van der Waals surface area contributed by atoms with E-state index in [9.17, 15) is 19.5 Å². The van der Waals surface area contributed by atoms with Crippen LogP contribution in [0.4, 0.5) is 0 Å². The molecule has 0 heterocycles. The van der Waals surface area contributed by atoms with Gasteiger partial charge in [0.25, 0.3) is 0 Å². The first-order valence-electron chi connectivity index (χ1n) is 3.36. The molecule has 0 aromatic rings. The van der Waals surface area contributed by atoms with Crippen molar-refractivity contribution in [1.29, 1.82) is 0 Å². The van der Waals surface area contributed by atoms with E-state index in [0.29, 0.717) is 0 Å². The van der Waals surface area contributed by atoms with Crippen molar-refractivity contribution >= 4 is 17.7 Å². The molecule has 0 spiro atoms. The van der Waals surface area contributed by atoms with Crippen LogP contribution in [-0.2, 0) is 14.4 Å². The number of carbonyl (C=O) groups is 3. The Morgan fingerprint density at radius 2 is 1.67 bits per heavy atom. The lowest BCUT2D eigenvalue weighted by molar-refractivity contribution is -0.300. The number of rotatable bonds is 4. The highest BCUT2D eigenvalue weighted by atomic mass is 16.4. The molecule has 1 atom stereocenters. The maximum atomic E-state index is 10.7. The minimum atomic E-state index is -1.95. The number of hydrogen-bond acceptors (Lipinski definition) is 4. The molecule has 1 N–H and O–H groups in total. The second-order valence-electron chi connectivity index (χ2n) is 2.71. The Hall–Kier alpha value is -1.39. The van der Waals surface area contributed by atoms with Crippen molar-refractivity contribution in [2.75, 3.05) is 0 Å². The van der Waals surface area contributed by atoms with Gasteiger partial charge < -0.3 is 15.0 Å². The van der Waals surface area contributed by atoms with Gasteiger partial charge in [0.1, 0.15) is 11.9 Å². The Morgan fingerprint density at radius 1 is 1.25 bits per heavy atom. The van der Waals surface area contributed by atoms with Gasteiger partial charge in [0.05, 0.1) is 0 Å². The van der Waals surface area contributed by atoms with Gasteiger partial charge in [0.15, 0.2) is 5.78 Å². The Bertz CT molecular complexity index is 218. The number of hydrogen-bond donors (Lipinski definition) is 1. The van der Waals surface area contributed by atoms with Gasteiger partial charge in [-0.1, -0.05) is 13.8 Å². The third kappa shape index (κ3) is 2.34. The maximum absolute atomic E-state index is 10.7. The van der Waals surface area contributed by atoms with Gasteiger partial charge >= 0.3 is 5.97 Å². The quantitative estimate of drug-likeness (QED) is 0.419. The molecule has 0 fully saturated rings. The Kier molecular flexibility index (Phi) is 3.40. The normalized spacial score (nSPS) is 12.6. The zero-order valence-corrected chi connectivity index (χ0v) is 6.73. The number of carbonyl (C=O) groups excluding carboxylic acids is 2. The van der Waals surface area contributed by atoms with Crippen LogP contribution in [0.5, 0.6) is 0 Å². The molecule has 0 amide bonds. The van der Waals surface area contributed by atoms with E-state index < -0.39 is 29.6 Å². The molecule has 0 rings (SSSR count). The van der Waals surface area contributed by atoms with Gasteiger partial charge in [-0.2, -0.15) is 0 Å². The second kappa shape index (κ2) is 3.85.